The van der Waals surface area contributed by atoms with Crippen LogP contribution >= 0.6 is 23.2 Å². The fraction of sp³-hybridized carbons (Fsp3) is 0.0667. The largest absolute Gasteiger partial charge is 0.322 e. The number of nitrogens with zero attached hydrogens (tertiary/aromatic N) is 1. The Morgan fingerprint density at radius 2 is 1.95 bits per heavy atom. The summed E-state index contributed by atoms with van der Waals surface area (Å²) in [5.41, 5.74) is 2.20. The van der Waals surface area contributed by atoms with Gasteiger partial charge in [-0.25, -0.2) is 0 Å². The van der Waals surface area contributed by atoms with Crippen molar-refractivity contribution in [3.05, 3.63) is 63.1 Å². The van der Waals surface area contributed by atoms with Crippen LogP contribution in [0.15, 0.2) is 36.4 Å². The van der Waals surface area contributed by atoms with Gasteiger partial charge in [-0.3, -0.25) is 4.79 Å². The van der Waals surface area contributed by atoms with E-state index < -0.39 is 0 Å². The van der Waals surface area contributed by atoms with Crippen LogP contribution in [0.1, 0.15) is 21.5 Å². The molecule has 0 aliphatic carbocycles. The van der Waals surface area contributed by atoms with E-state index in [4.69, 9.17) is 28.5 Å². The molecule has 2 aromatic rings. The summed E-state index contributed by atoms with van der Waals surface area (Å²) in [6.45, 7) is 1.84. The molecule has 3 nitrogen and oxygen atoms in total. The van der Waals surface area contributed by atoms with Gasteiger partial charge >= 0.3 is 0 Å². The van der Waals surface area contributed by atoms with Crippen molar-refractivity contribution in [1.82, 2.24) is 0 Å². The van der Waals surface area contributed by atoms with Crippen LogP contribution < -0.4 is 5.32 Å². The third kappa shape index (κ3) is 3.11. The van der Waals surface area contributed by atoms with Crippen LogP contribution in [-0.2, 0) is 0 Å². The number of rotatable bonds is 2. The van der Waals surface area contributed by atoms with E-state index in [-0.39, 0.29) is 5.91 Å². The summed E-state index contributed by atoms with van der Waals surface area (Å²) >= 11 is 11.8. The first-order valence-corrected chi connectivity index (χ1v) is 6.54. The van der Waals surface area contributed by atoms with E-state index in [1.165, 1.54) is 6.07 Å². The molecule has 0 radical (unpaired) electrons. The summed E-state index contributed by atoms with van der Waals surface area (Å²) in [6.07, 6.45) is 0. The Bertz CT molecular complexity index is 720. The SMILES string of the molecule is Cc1ccc(C#N)cc1NC(=O)c1cc(Cl)ccc1Cl. The van der Waals surface area contributed by atoms with Crippen LogP contribution in [0, 0.1) is 18.3 Å². The maximum Gasteiger partial charge on any atom is 0.257 e. The first-order valence-electron chi connectivity index (χ1n) is 5.78. The molecule has 0 saturated carbocycles. The van der Waals surface area contributed by atoms with E-state index in [9.17, 15) is 4.79 Å². The minimum Gasteiger partial charge on any atom is -0.322 e. The second-order valence-corrected chi connectivity index (χ2v) is 5.06. The predicted octanol–water partition coefficient (Wildman–Crippen LogP) is 4.43. The number of benzene rings is 2. The molecule has 0 fully saturated rings. The molecule has 5 heteroatoms. The predicted molar refractivity (Wildman–Crippen MR) is 80.3 cm³/mol. The molecule has 1 amide bonds. The first kappa shape index (κ1) is 14.4. The normalized spacial score (nSPS) is 9.90. The summed E-state index contributed by atoms with van der Waals surface area (Å²) < 4.78 is 0. The van der Waals surface area contributed by atoms with Gasteiger partial charge in [0.2, 0.25) is 0 Å². The number of aryl methyl sites for hydroxylation is 1. The molecule has 1 N–H and O–H groups in total. The molecule has 0 aliphatic rings. The van der Waals surface area contributed by atoms with Gasteiger partial charge in [-0.15, -0.1) is 0 Å². The van der Waals surface area contributed by atoms with Crippen LogP contribution in [0.4, 0.5) is 5.69 Å². The zero-order chi connectivity index (χ0) is 14.7. The van der Waals surface area contributed by atoms with Crippen molar-refractivity contribution < 1.29 is 4.79 Å². The zero-order valence-electron chi connectivity index (χ0n) is 10.6. The second-order valence-electron chi connectivity index (χ2n) is 4.22. The minimum atomic E-state index is -0.365. The number of nitriles is 1. The van der Waals surface area contributed by atoms with Gasteiger partial charge in [0.05, 0.1) is 22.2 Å². The van der Waals surface area contributed by atoms with Crippen molar-refractivity contribution in [3.8, 4) is 6.07 Å². The van der Waals surface area contributed by atoms with Crippen LogP contribution in [0.5, 0.6) is 0 Å². The summed E-state index contributed by atoms with van der Waals surface area (Å²) in [6, 6.07) is 11.8. The Hall–Kier alpha value is -2.02. The molecule has 2 aromatic carbocycles. The van der Waals surface area contributed by atoms with Crippen molar-refractivity contribution in [1.29, 1.82) is 5.26 Å². The number of carbonyl (C=O) groups is 1. The highest BCUT2D eigenvalue weighted by atomic mass is 35.5. The van der Waals surface area contributed by atoms with Gasteiger partial charge in [-0.1, -0.05) is 29.3 Å². The van der Waals surface area contributed by atoms with Gasteiger partial charge < -0.3 is 5.32 Å². The Labute approximate surface area is 126 Å². The highest BCUT2D eigenvalue weighted by Crippen LogP contribution is 2.23. The minimum absolute atomic E-state index is 0.293. The Morgan fingerprint density at radius 1 is 1.20 bits per heavy atom. The second kappa shape index (κ2) is 5.96. The molecule has 0 saturated heterocycles. The lowest BCUT2D eigenvalue weighted by atomic mass is 10.1. The van der Waals surface area contributed by atoms with Crippen molar-refractivity contribution in [2.45, 2.75) is 6.92 Å². The third-order valence-electron chi connectivity index (χ3n) is 2.79. The maximum absolute atomic E-state index is 12.2. The molecule has 2 rings (SSSR count). The smallest absolute Gasteiger partial charge is 0.257 e. The monoisotopic (exact) mass is 304 g/mol. The van der Waals surface area contributed by atoms with Crippen molar-refractivity contribution in [3.63, 3.8) is 0 Å². The highest BCUT2D eigenvalue weighted by molar-refractivity contribution is 6.36. The van der Waals surface area contributed by atoms with E-state index in [1.807, 2.05) is 13.0 Å². The Kier molecular flexibility index (Phi) is 4.29. The summed E-state index contributed by atoms with van der Waals surface area (Å²) in [5, 5.41) is 12.4. The van der Waals surface area contributed by atoms with Crippen molar-refractivity contribution in [2.24, 2.45) is 0 Å². The van der Waals surface area contributed by atoms with Gasteiger partial charge in [0.15, 0.2) is 0 Å². The summed E-state index contributed by atoms with van der Waals surface area (Å²) in [4.78, 5) is 12.2. The van der Waals surface area contributed by atoms with Gasteiger partial charge in [0, 0.05) is 10.7 Å². The molecule has 0 atom stereocenters. The van der Waals surface area contributed by atoms with E-state index in [1.54, 1.807) is 30.3 Å². The number of nitrogens with one attached hydrogen (secondary N) is 1. The van der Waals surface area contributed by atoms with Crippen LogP contribution in [0.3, 0.4) is 0 Å². The number of halogens is 2. The molecule has 0 bridgehead atoms. The number of anilines is 1. The van der Waals surface area contributed by atoms with Gasteiger partial charge in [0.1, 0.15) is 0 Å². The lowest BCUT2D eigenvalue weighted by Crippen LogP contribution is -2.13. The fourth-order valence-electron chi connectivity index (χ4n) is 1.69. The van der Waals surface area contributed by atoms with Crippen LogP contribution in [0.2, 0.25) is 10.0 Å². The molecular formula is C15H10Cl2N2O. The van der Waals surface area contributed by atoms with E-state index >= 15 is 0 Å². The number of carbonyl (C=O) groups excluding carboxylic acids is 1. The fourth-order valence-corrected chi connectivity index (χ4v) is 2.06. The molecular weight excluding hydrogens is 295 g/mol. The van der Waals surface area contributed by atoms with E-state index in [2.05, 4.69) is 5.32 Å². The Morgan fingerprint density at radius 3 is 2.65 bits per heavy atom. The van der Waals surface area contributed by atoms with Crippen molar-refractivity contribution >= 4 is 34.8 Å². The average Bonchev–Trinajstić information content (AvgIpc) is 2.43. The van der Waals surface area contributed by atoms with Gasteiger partial charge in [0.25, 0.3) is 5.91 Å². The molecule has 0 aliphatic heterocycles. The molecule has 0 spiro atoms. The lowest BCUT2D eigenvalue weighted by molar-refractivity contribution is 0.102. The third-order valence-corrected chi connectivity index (χ3v) is 3.35. The standard InChI is InChI=1S/C15H10Cl2N2O/c1-9-2-3-10(8-18)6-14(9)19-15(20)12-7-11(16)4-5-13(12)17/h2-7H,1H3,(H,19,20). The molecule has 20 heavy (non-hydrogen) atoms. The number of amides is 1. The molecule has 0 aromatic heterocycles. The Balaban J connectivity index is 2.33. The van der Waals surface area contributed by atoms with Crippen molar-refractivity contribution in [2.75, 3.05) is 5.32 Å². The highest BCUT2D eigenvalue weighted by Gasteiger charge is 2.12. The average molecular weight is 305 g/mol. The van der Waals surface area contributed by atoms with Gasteiger partial charge in [-0.2, -0.15) is 5.26 Å². The number of hydrogen-bond donors (Lipinski definition) is 1. The van der Waals surface area contributed by atoms with Gasteiger partial charge in [-0.05, 0) is 42.8 Å². The first-order chi connectivity index (χ1) is 9.51. The number of hydrogen-bond acceptors (Lipinski definition) is 2. The zero-order valence-corrected chi connectivity index (χ0v) is 12.1. The summed E-state index contributed by atoms with van der Waals surface area (Å²) in [5.74, 6) is -0.365. The van der Waals surface area contributed by atoms with E-state index in [0.717, 1.165) is 5.56 Å². The summed E-state index contributed by atoms with van der Waals surface area (Å²) in [7, 11) is 0. The molecule has 0 unspecified atom stereocenters. The van der Waals surface area contributed by atoms with E-state index in [0.29, 0.717) is 26.9 Å². The molecule has 0 heterocycles. The lowest BCUT2D eigenvalue weighted by Gasteiger charge is -2.10. The van der Waals surface area contributed by atoms with Crippen LogP contribution in [0.25, 0.3) is 0 Å². The molecule has 100 valence electrons. The van der Waals surface area contributed by atoms with Crippen LogP contribution in [-0.4, -0.2) is 5.91 Å². The quantitative estimate of drug-likeness (QED) is 0.892. The maximum atomic E-state index is 12.2. The topological polar surface area (TPSA) is 52.9 Å².